The number of allylic oxidation sites excluding steroid dienone is 2. The maximum Gasteiger partial charge on any atom is 0.416 e. The molecule has 12 heteroatoms. The van der Waals surface area contributed by atoms with Gasteiger partial charge in [-0.2, -0.15) is 13.2 Å². The topological polar surface area (TPSA) is 110 Å². The van der Waals surface area contributed by atoms with Gasteiger partial charge in [0.1, 0.15) is 0 Å². The molecule has 2 unspecified atom stereocenters. The van der Waals surface area contributed by atoms with E-state index < -0.39 is 29.7 Å². The van der Waals surface area contributed by atoms with Crippen LogP contribution in [0.1, 0.15) is 21.5 Å². The van der Waals surface area contributed by atoms with Gasteiger partial charge in [-0.25, -0.2) is 0 Å². The summed E-state index contributed by atoms with van der Waals surface area (Å²) in [5.74, 6) is -1.55. The first-order valence-corrected chi connectivity index (χ1v) is 14.9. The quantitative estimate of drug-likeness (QED) is 0.271. The van der Waals surface area contributed by atoms with E-state index in [9.17, 15) is 22.8 Å². The summed E-state index contributed by atoms with van der Waals surface area (Å²) >= 11 is 0. The highest BCUT2D eigenvalue weighted by Gasteiger charge is 2.43. The molecule has 9 nitrogen and oxygen atoms in total. The maximum absolute atomic E-state index is 13.8. The fourth-order valence-electron chi connectivity index (χ4n) is 5.73. The number of nitrogens with zero attached hydrogens (tertiary/aromatic N) is 2. The Hall–Kier alpha value is -4.94. The number of likely N-dealkylation sites (N-methyl/N-ethyl adjacent to an activating group) is 1. The predicted octanol–water partition coefficient (Wildman–Crippen LogP) is 5.25. The molecule has 4 N–H and O–H groups in total. The minimum Gasteiger partial charge on any atom is -0.369 e. The zero-order chi connectivity index (χ0) is 32.4. The minimum absolute atomic E-state index is 0.0951. The normalized spacial score (nSPS) is 20.0. The number of piperazine rings is 1. The lowest BCUT2D eigenvalue weighted by Crippen LogP contribution is -2.44. The van der Waals surface area contributed by atoms with Crippen LogP contribution in [0.4, 0.5) is 30.2 Å². The molecular weight excluding hydrogens is 597 g/mol. The first-order valence-electron chi connectivity index (χ1n) is 14.9. The van der Waals surface area contributed by atoms with E-state index in [4.69, 9.17) is 10.1 Å². The van der Waals surface area contributed by atoms with Gasteiger partial charge in [0, 0.05) is 65.9 Å². The number of fused-ring (bicyclic) bond motifs is 1. The molecule has 2 atom stereocenters. The van der Waals surface area contributed by atoms with Crippen LogP contribution in [0.25, 0.3) is 0 Å². The van der Waals surface area contributed by atoms with Crippen molar-refractivity contribution < 1.29 is 27.5 Å². The van der Waals surface area contributed by atoms with Crippen molar-refractivity contribution in [2.45, 2.75) is 18.9 Å². The van der Waals surface area contributed by atoms with Crippen molar-refractivity contribution in [2.24, 2.45) is 5.92 Å². The Morgan fingerprint density at radius 2 is 1.72 bits per heavy atom. The van der Waals surface area contributed by atoms with Gasteiger partial charge in [-0.05, 0) is 61.2 Å². The third kappa shape index (κ3) is 6.98. The molecule has 46 heavy (non-hydrogen) atoms. The van der Waals surface area contributed by atoms with Crippen molar-refractivity contribution in [3.05, 3.63) is 113 Å². The van der Waals surface area contributed by atoms with Crippen LogP contribution < -0.4 is 20.9 Å². The van der Waals surface area contributed by atoms with E-state index in [1.165, 1.54) is 6.07 Å². The molecule has 0 bridgehead atoms. The zero-order valence-electron chi connectivity index (χ0n) is 25.0. The van der Waals surface area contributed by atoms with Crippen LogP contribution in [0, 0.1) is 11.3 Å². The second-order valence-corrected chi connectivity index (χ2v) is 11.6. The first kappa shape index (κ1) is 31.1. The molecular formula is C34H33F3N6O3. The number of carbonyl (C=O) groups excluding carboxylic acids is 2. The highest BCUT2D eigenvalue weighted by atomic mass is 19.4. The summed E-state index contributed by atoms with van der Waals surface area (Å²) in [5.41, 5.74) is 2.51. The Labute approximate surface area is 264 Å². The third-order valence-electron chi connectivity index (χ3n) is 8.18. The summed E-state index contributed by atoms with van der Waals surface area (Å²) in [6.07, 6.45) is -2.09. The van der Waals surface area contributed by atoms with Gasteiger partial charge in [-0.15, -0.1) is 0 Å². The fourth-order valence-corrected chi connectivity index (χ4v) is 5.73. The van der Waals surface area contributed by atoms with E-state index in [0.717, 1.165) is 17.7 Å². The molecule has 238 valence electrons. The van der Waals surface area contributed by atoms with E-state index in [-0.39, 0.29) is 23.8 Å². The van der Waals surface area contributed by atoms with Crippen LogP contribution in [0.5, 0.6) is 0 Å². The molecule has 2 amide bonds. The summed E-state index contributed by atoms with van der Waals surface area (Å²) in [6, 6.07) is 19.6. The number of nitrogens with one attached hydrogen (secondary N) is 4. The van der Waals surface area contributed by atoms with Crippen molar-refractivity contribution in [1.82, 2.24) is 10.2 Å². The van der Waals surface area contributed by atoms with Gasteiger partial charge in [-0.1, -0.05) is 36.4 Å². The molecule has 1 aliphatic carbocycles. The Morgan fingerprint density at radius 3 is 2.46 bits per heavy atom. The van der Waals surface area contributed by atoms with E-state index in [1.807, 2.05) is 42.3 Å². The molecule has 0 saturated carbocycles. The number of rotatable bonds is 8. The van der Waals surface area contributed by atoms with Gasteiger partial charge in [0.25, 0.3) is 11.8 Å². The smallest absolute Gasteiger partial charge is 0.369 e. The molecule has 3 aromatic rings. The summed E-state index contributed by atoms with van der Waals surface area (Å²) in [7, 11) is 1.96. The molecule has 3 aliphatic rings. The van der Waals surface area contributed by atoms with Gasteiger partial charge in [-0.3, -0.25) is 9.59 Å². The first-order chi connectivity index (χ1) is 22.0. The second-order valence-electron chi connectivity index (χ2n) is 11.6. The Bertz CT molecular complexity index is 1710. The predicted molar refractivity (Wildman–Crippen MR) is 170 cm³/mol. The van der Waals surface area contributed by atoms with Gasteiger partial charge in [0.2, 0.25) is 0 Å². The van der Waals surface area contributed by atoms with Crippen LogP contribution in [0.3, 0.4) is 0 Å². The van der Waals surface area contributed by atoms with Gasteiger partial charge < -0.3 is 35.9 Å². The lowest BCUT2D eigenvalue weighted by molar-refractivity contribution is -0.137. The molecule has 2 aliphatic heterocycles. The standard InChI is InChI=1S/C34H33F3N6O3/c1-42-10-12-43(13-11-42)27-15-22(14-23(16-27)34(35,36)37)32(44)40-25-9-5-8-24(17-25)39-26-18-28(38)30-29(19-26)41-33(45)31(30)46-20-21-6-3-2-4-7-21/h2-9,14-19,30-31,38-39H,10-13,20H2,1H3,(H,40,44)(H,41,45). The van der Waals surface area contributed by atoms with Crippen molar-refractivity contribution in [3.63, 3.8) is 0 Å². The number of hydrogen-bond acceptors (Lipinski definition) is 7. The van der Waals surface area contributed by atoms with Crippen molar-refractivity contribution in [1.29, 1.82) is 5.41 Å². The lowest BCUT2D eigenvalue weighted by atomic mass is 9.91. The Kier molecular flexibility index (Phi) is 8.65. The molecule has 2 fully saturated rings. The summed E-state index contributed by atoms with van der Waals surface area (Å²) in [4.78, 5) is 29.9. The average Bonchev–Trinajstić information content (AvgIpc) is 3.35. The minimum atomic E-state index is -4.61. The Morgan fingerprint density at radius 1 is 0.978 bits per heavy atom. The van der Waals surface area contributed by atoms with Crippen molar-refractivity contribution in [2.75, 3.05) is 48.8 Å². The number of amides is 2. The lowest BCUT2D eigenvalue weighted by Gasteiger charge is -2.34. The highest BCUT2D eigenvalue weighted by Crippen LogP contribution is 2.34. The third-order valence-corrected chi connectivity index (χ3v) is 8.18. The highest BCUT2D eigenvalue weighted by molar-refractivity contribution is 6.06. The molecule has 2 heterocycles. The Balaban J connectivity index is 1.14. The molecule has 0 radical (unpaired) electrons. The van der Waals surface area contributed by atoms with Gasteiger partial charge in [0.05, 0.1) is 18.1 Å². The maximum atomic E-state index is 13.8. The number of halogens is 3. The number of anilines is 3. The molecule has 2 saturated heterocycles. The van der Waals surface area contributed by atoms with E-state index >= 15 is 0 Å². The fraction of sp³-hybridized carbons (Fsp3) is 0.265. The van der Waals surface area contributed by atoms with Crippen LogP contribution in [0.15, 0.2) is 96.3 Å². The average molecular weight is 631 g/mol. The summed E-state index contributed by atoms with van der Waals surface area (Å²) in [5, 5.41) is 17.4. The largest absolute Gasteiger partial charge is 0.416 e. The zero-order valence-corrected chi connectivity index (χ0v) is 25.0. The van der Waals surface area contributed by atoms with Crippen molar-refractivity contribution in [3.8, 4) is 0 Å². The molecule has 0 spiro atoms. The second kappa shape index (κ2) is 12.8. The molecule has 3 aromatic carbocycles. The number of benzene rings is 3. The SMILES string of the molecule is CN1CCN(c2cc(C(=O)Nc3cccc(NC4=CC(=N)C5C(=C4)NC(=O)C5OCc4ccccc4)c3)cc(C(F)(F)F)c2)CC1. The van der Waals surface area contributed by atoms with Crippen LogP contribution in [-0.2, 0) is 22.3 Å². The monoisotopic (exact) mass is 630 g/mol. The van der Waals surface area contributed by atoms with Gasteiger partial charge in [0.15, 0.2) is 6.10 Å². The summed E-state index contributed by atoms with van der Waals surface area (Å²) < 4.78 is 47.3. The van der Waals surface area contributed by atoms with Crippen LogP contribution in [0.2, 0.25) is 0 Å². The van der Waals surface area contributed by atoms with E-state index in [0.29, 0.717) is 54.6 Å². The van der Waals surface area contributed by atoms with Gasteiger partial charge >= 0.3 is 6.18 Å². The van der Waals surface area contributed by atoms with E-state index in [1.54, 1.807) is 36.4 Å². The van der Waals surface area contributed by atoms with E-state index in [2.05, 4.69) is 20.9 Å². The van der Waals surface area contributed by atoms with Crippen molar-refractivity contribution >= 4 is 34.6 Å². The molecule has 0 aromatic heterocycles. The number of carbonyl (C=O) groups is 2. The molecule has 6 rings (SSSR count). The number of hydrogen-bond donors (Lipinski definition) is 4. The van der Waals surface area contributed by atoms with Crippen LogP contribution >= 0.6 is 0 Å². The number of alkyl halides is 3. The van der Waals surface area contributed by atoms with Crippen LogP contribution in [-0.4, -0.2) is 61.8 Å². The summed E-state index contributed by atoms with van der Waals surface area (Å²) in [6.45, 7) is 2.77. The number of ether oxygens (including phenoxy) is 1.